The van der Waals surface area contributed by atoms with Crippen molar-refractivity contribution < 1.29 is 0 Å². The second kappa shape index (κ2) is 4.53. The summed E-state index contributed by atoms with van der Waals surface area (Å²) in [5.41, 5.74) is 26.0. The molecule has 0 saturated carbocycles. The zero-order valence-electron chi connectivity index (χ0n) is 14.6. The average molecular weight is 306 g/mol. The summed E-state index contributed by atoms with van der Waals surface area (Å²) >= 11 is 0. The lowest BCUT2D eigenvalue weighted by Gasteiger charge is -2.31. The molecule has 2 aromatic carbocycles. The van der Waals surface area contributed by atoms with Gasteiger partial charge in [0.1, 0.15) is 0 Å². The zero-order valence-corrected chi connectivity index (χ0v) is 14.6. The number of hydrogen-bond acceptors (Lipinski definition) is 2. The van der Waals surface area contributed by atoms with E-state index >= 15 is 0 Å². The van der Waals surface area contributed by atoms with E-state index in [4.69, 9.17) is 11.5 Å². The molecule has 0 unspecified atom stereocenters. The first kappa shape index (κ1) is 14.6. The van der Waals surface area contributed by atoms with Crippen LogP contribution in [0, 0.1) is 27.7 Å². The van der Waals surface area contributed by atoms with Gasteiger partial charge >= 0.3 is 0 Å². The molecule has 0 aliphatic heterocycles. The molecule has 0 heterocycles. The van der Waals surface area contributed by atoms with Gasteiger partial charge in [-0.05, 0) is 110 Å². The fourth-order valence-corrected chi connectivity index (χ4v) is 5.41. The summed E-state index contributed by atoms with van der Waals surface area (Å²) in [6.07, 6.45) is 4.72. The van der Waals surface area contributed by atoms with E-state index < -0.39 is 0 Å². The maximum absolute atomic E-state index is 6.23. The van der Waals surface area contributed by atoms with Crippen molar-refractivity contribution in [3.05, 3.63) is 56.6 Å². The van der Waals surface area contributed by atoms with E-state index in [1.807, 2.05) is 0 Å². The van der Waals surface area contributed by atoms with E-state index in [1.54, 1.807) is 11.1 Å². The minimum atomic E-state index is 0.190. The van der Waals surface area contributed by atoms with E-state index in [2.05, 4.69) is 39.8 Å². The van der Waals surface area contributed by atoms with Crippen LogP contribution in [0.4, 0.5) is 11.4 Å². The summed E-state index contributed by atoms with van der Waals surface area (Å²) in [7, 11) is 0. The van der Waals surface area contributed by atoms with Crippen molar-refractivity contribution in [3.8, 4) is 0 Å². The van der Waals surface area contributed by atoms with Gasteiger partial charge in [-0.15, -0.1) is 0 Å². The second-order valence-corrected chi connectivity index (χ2v) is 7.60. The van der Waals surface area contributed by atoms with Crippen LogP contribution in [0.1, 0.15) is 57.3 Å². The lowest BCUT2D eigenvalue weighted by molar-refractivity contribution is 0.503. The molecule has 0 aromatic heterocycles. The highest BCUT2D eigenvalue weighted by Crippen LogP contribution is 2.56. The Morgan fingerprint density at radius 2 is 1.13 bits per heavy atom. The van der Waals surface area contributed by atoms with Crippen LogP contribution in [0.3, 0.4) is 0 Å². The summed E-state index contributed by atoms with van der Waals surface area (Å²) in [6, 6.07) is 4.36. The zero-order chi connectivity index (χ0) is 16.5. The molecule has 2 aliphatic carbocycles. The monoisotopic (exact) mass is 306 g/mol. The fourth-order valence-electron chi connectivity index (χ4n) is 5.41. The van der Waals surface area contributed by atoms with Gasteiger partial charge in [-0.25, -0.2) is 0 Å². The fraction of sp³-hybridized carbons (Fsp3) is 0.429. The second-order valence-electron chi connectivity index (χ2n) is 7.60. The molecular formula is C21H26N2. The van der Waals surface area contributed by atoms with E-state index in [-0.39, 0.29) is 5.41 Å². The molecule has 2 aromatic rings. The standard InChI is InChI=1S/C21H26N2/c1-11-9-17(22)13(3)15-5-7-21(19(11)15)8-6-16-14(4)18(23)10-12(2)20(16)21/h9-10H,5-8,22-23H2,1-4H3. The number of fused-ring (bicyclic) bond motifs is 4. The highest BCUT2D eigenvalue weighted by Gasteiger charge is 2.47. The third kappa shape index (κ3) is 1.69. The third-order valence-electron chi connectivity index (χ3n) is 6.47. The molecule has 23 heavy (non-hydrogen) atoms. The van der Waals surface area contributed by atoms with Gasteiger partial charge in [0.2, 0.25) is 0 Å². The predicted molar refractivity (Wildman–Crippen MR) is 98.1 cm³/mol. The Kier molecular flexibility index (Phi) is 2.88. The average Bonchev–Trinajstić information content (AvgIpc) is 3.06. The Morgan fingerprint density at radius 3 is 1.52 bits per heavy atom. The highest BCUT2D eigenvalue weighted by atomic mass is 14.6. The number of aryl methyl sites for hydroxylation is 2. The molecule has 1 spiro atoms. The minimum absolute atomic E-state index is 0.190. The van der Waals surface area contributed by atoms with Crippen LogP contribution in [0.25, 0.3) is 0 Å². The number of anilines is 2. The largest absolute Gasteiger partial charge is 0.398 e. The Hall–Kier alpha value is -1.96. The van der Waals surface area contributed by atoms with Crippen molar-refractivity contribution >= 4 is 11.4 Å². The molecule has 0 bridgehead atoms. The SMILES string of the molecule is Cc1cc(N)c(C)c2c1C1(CC2)CCc2c(C)c(N)cc(C)c21. The summed E-state index contributed by atoms with van der Waals surface area (Å²) in [5.74, 6) is 0. The summed E-state index contributed by atoms with van der Waals surface area (Å²) in [6.45, 7) is 8.84. The number of nitrogens with two attached hydrogens (primary N) is 2. The van der Waals surface area contributed by atoms with Crippen molar-refractivity contribution in [2.24, 2.45) is 0 Å². The lowest BCUT2D eigenvalue weighted by Crippen LogP contribution is -2.24. The summed E-state index contributed by atoms with van der Waals surface area (Å²) in [4.78, 5) is 0. The smallest absolute Gasteiger partial charge is 0.0349 e. The van der Waals surface area contributed by atoms with Gasteiger partial charge in [0.15, 0.2) is 0 Å². The summed E-state index contributed by atoms with van der Waals surface area (Å²) in [5, 5.41) is 0. The summed E-state index contributed by atoms with van der Waals surface area (Å²) < 4.78 is 0. The molecule has 4 rings (SSSR count). The van der Waals surface area contributed by atoms with Crippen LogP contribution in [0.5, 0.6) is 0 Å². The van der Waals surface area contributed by atoms with Crippen LogP contribution in [0.15, 0.2) is 12.1 Å². The van der Waals surface area contributed by atoms with Crippen molar-refractivity contribution in [1.29, 1.82) is 0 Å². The van der Waals surface area contributed by atoms with Crippen molar-refractivity contribution in [2.75, 3.05) is 11.5 Å². The van der Waals surface area contributed by atoms with E-state index in [0.717, 1.165) is 24.2 Å². The third-order valence-corrected chi connectivity index (χ3v) is 6.47. The van der Waals surface area contributed by atoms with Gasteiger partial charge in [0, 0.05) is 16.8 Å². The maximum atomic E-state index is 6.23. The molecule has 0 atom stereocenters. The Balaban J connectivity index is 2.05. The molecule has 0 fully saturated rings. The van der Waals surface area contributed by atoms with Crippen LogP contribution in [-0.4, -0.2) is 0 Å². The van der Waals surface area contributed by atoms with Gasteiger partial charge in [-0.2, -0.15) is 0 Å². The van der Waals surface area contributed by atoms with Crippen molar-refractivity contribution in [3.63, 3.8) is 0 Å². The number of benzene rings is 2. The Morgan fingerprint density at radius 1 is 0.739 bits per heavy atom. The molecule has 120 valence electrons. The predicted octanol–water partition coefficient (Wildman–Crippen LogP) is 4.26. The topological polar surface area (TPSA) is 52.0 Å². The van der Waals surface area contributed by atoms with Gasteiger partial charge < -0.3 is 11.5 Å². The molecule has 0 amide bonds. The Labute approximate surface area is 138 Å². The van der Waals surface area contributed by atoms with Crippen LogP contribution in [0.2, 0.25) is 0 Å². The first-order valence-corrected chi connectivity index (χ1v) is 8.65. The molecule has 0 saturated heterocycles. The van der Waals surface area contributed by atoms with Gasteiger partial charge in [-0.3, -0.25) is 0 Å². The van der Waals surface area contributed by atoms with Crippen LogP contribution >= 0.6 is 0 Å². The number of nitrogen functional groups attached to an aromatic ring is 2. The normalized spacial score (nSPS) is 17.6. The number of hydrogen-bond donors (Lipinski definition) is 2. The van der Waals surface area contributed by atoms with E-state index in [0.29, 0.717) is 0 Å². The van der Waals surface area contributed by atoms with E-state index in [1.165, 1.54) is 46.2 Å². The van der Waals surface area contributed by atoms with Gasteiger partial charge in [0.25, 0.3) is 0 Å². The van der Waals surface area contributed by atoms with E-state index in [9.17, 15) is 0 Å². The van der Waals surface area contributed by atoms with Crippen LogP contribution in [-0.2, 0) is 18.3 Å². The minimum Gasteiger partial charge on any atom is -0.398 e. The molecule has 4 N–H and O–H groups in total. The molecule has 0 radical (unpaired) electrons. The highest BCUT2D eigenvalue weighted by molar-refractivity contribution is 5.68. The molecule has 2 aliphatic rings. The lowest BCUT2D eigenvalue weighted by atomic mass is 9.73. The number of rotatable bonds is 0. The van der Waals surface area contributed by atoms with Crippen molar-refractivity contribution in [2.45, 2.75) is 58.8 Å². The van der Waals surface area contributed by atoms with Crippen LogP contribution < -0.4 is 11.5 Å². The first-order valence-electron chi connectivity index (χ1n) is 8.65. The quantitative estimate of drug-likeness (QED) is 0.714. The molecule has 2 nitrogen and oxygen atoms in total. The van der Waals surface area contributed by atoms with Crippen molar-refractivity contribution in [1.82, 2.24) is 0 Å². The van der Waals surface area contributed by atoms with Gasteiger partial charge in [0.05, 0.1) is 0 Å². The molecular weight excluding hydrogens is 280 g/mol. The van der Waals surface area contributed by atoms with Gasteiger partial charge in [-0.1, -0.05) is 0 Å². The molecule has 2 heteroatoms. The Bertz CT molecular complexity index is 774. The maximum Gasteiger partial charge on any atom is 0.0349 e. The first-order chi connectivity index (χ1) is 10.9.